The summed E-state index contributed by atoms with van der Waals surface area (Å²) in [5, 5.41) is -0.0394. The molecule has 1 heterocycles. The van der Waals surface area contributed by atoms with Gasteiger partial charge in [0, 0.05) is 0 Å². The van der Waals surface area contributed by atoms with Gasteiger partial charge in [0.05, 0.1) is 9.92 Å². The number of unbranched alkanes of at least 4 members (excludes halogenated alkanes) is 15. The average molecular weight is 671 g/mol. The zero-order valence-corrected chi connectivity index (χ0v) is 28.6. The molecule has 230 valence electrons. The van der Waals surface area contributed by atoms with Gasteiger partial charge in [0.1, 0.15) is 10.1 Å². The third-order valence-electron chi connectivity index (χ3n) is 7.44. The molecule has 0 aliphatic carbocycles. The van der Waals surface area contributed by atoms with Crippen molar-refractivity contribution in [1.82, 2.24) is 0 Å². The monoisotopic (exact) mass is 671 g/mol. The molecule has 3 rings (SSSR count). The maximum atomic E-state index is 10.4. The normalized spacial score (nSPS) is 11.4. The number of nitrogens with zero attached hydrogens (tertiary/aromatic N) is 1. The summed E-state index contributed by atoms with van der Waals surface area (Å²) in [6.45, 7) is 5.77. The number of hydrogen-bond donors (Lipinski definition) is 0. The van der Waals surface area contributed by atoms with Crippen LogP contribution in [0.1, 0.15) is 114 Å². The van der Waals surface area contributed by atoms with Gasteiger partial charge in [-0.25, -0.2) is 8.42 Å². The second-order valence-corrected chi connectivity index (χ2v) is 15.1. The van der Waals surface area contributed by atoms with Crippen LogP contribution in [0.3, 0.4) is 0 Å². The molecule has 0 N–H and O–H groups in total. The average Bonchev–Trinajstić information content (AvgIpc) is 3.26. The summed E-state index contributed by atoms with van der Waals surface area (Å²) in [5.41, 5.74) is 1.40. The quantitative estimate of drug-likeness (QED) is 0.0552. The zero-order chi connectivity index (χ0) is 29.9. The van der Waals surface area contributed by atoms with Gasteiger partial charge in [0.15, 0.2) is 0 Å². The van der Waals surface area contributed by atoms with Crippen LogP contribution < -0.4 is 9.30 Å². The van der Waals surface area contributed by atoms with Gasteiger partial charge >= 0.3 is 140 Å². The van der Waals surface area contributed by atoms with Crippen LogP contribution in [0.25, 0.3) is 9.78 Å². The summed E-state index contributed by atoms with van der Waals surface area (Å²) in [6.07, 6.45) is 22.9. The molecule has 0 atom stereocenters. The van der Waals surface area contributed by atoms with E-state index in [-0.39, 0.29) is 9.92 Å². The standard InChI is InChI=1S/C27H46NOSe.C6H5ClO3S/c1-4-5-6-7-8-9-10-11-12-13-14-15-16-17-18-19-22-28-24(2)30-27-21-20-25(29-3)23-26(27)28;7-5-3-1-2-4-6(5)11(8,9)10/h20-21,23H,4-19,22H2,1-3H3;1-4H,(H,8,9,10)/q+1;/p-1. The Hall–Kier alpha value is -1.37. The molecule has 0 aliphatic heterocycles. The van der Waals surface area contributed by atoms with E-state index in [0.717, 1.165) is 5.75 Å². The Morgan fingerprint density at radius 2 is 1.32 bits per heavy atom. The van der Waals surface area contributed by atoms with E-state index in [1.54, 1.807) is 17.7 Å². The van der Waals surface area contributed by atoms with E-state index >= 15 is 0 Å². The molecule has 0 amide bonds. The molecule has 0 fully saturated rings. The van der Waals surface area contributed by atoms with Crippen LogP contribution in [0.2, 0.25) is 5.02 Å². The van der Waals surface area contributed by atoms with E-state index in [2.05, 4.69) is 36.6 Å². The SMILES string of the molecule is CCCCCCCCCCCCCCCCCC[n+]1c(C)[se]c2ccc(OC)cc21.O=S(=O)([O-])c1ccccc1Cl. The van der Waals surface area contributed by atoms with Crippen LogP contribution in [-0.4, -0.2) is 34.6 Å². The van der Waals surface area contributed by atoms with Crippen LogP contribution in [-0.2, 0) is 16.7 Å². The van der Waals surface area contributed by atoms with Crippen molar-refractivity contribution in [1.29, 1.82) is 0 Å². The molecule has 3 aromatic rings. The molecule has 8 heteroatoms. The molecule has 0 aliphatic rings. The van der Waals surface area contributed by atoms with E-state index < -0.39 is 10.1 Å². The molecule has 0 bridgehead atoms. The predicted octanol–water partition coefficient (Wildman–Crippen LogP) is 9.01. The zero-order valence-electron chi connectivity index (χ0n) is 25.3. The van der Waals surface area contributed by atoms with Crippen LogP contribution in [0.4, 0.5) is 0 Å². The number of rotatable bonds is 19. The number of hydrogen-bond acceptors (Lipinski definition) is 4. The third-order valence-corrected chi connectivity index (χ3v) is 11.0. The fourth-order valence-corrected chi connectivity index (χ4v) is 8.18. The van der Waals surface area contributed by atoms with Crippen molar-refractivity contribution < 1.29 is 22.3 Å². The first-order valence-corrected chi connectivity index (χ1v) is 18.9. The number of aromatic nitrogens is 1. The second kappa shape index (κ2) is 20.5. The Bertz CT molecular complexity index is 1250. The van der Waals surface area contributed by atoms with E-state index in [0.29, 0.717) is 14.5 Å². The number of ether oxygens (including phenoxy) is 1. The van der Waals surface area contributed by atoms with Gasteiger partial charge in [-0.3, -0.25) is 0 Å². The number of methoxy groups -OCH3 is 1. The Kier molecular flexibility index (Phi) is 17.9. The summed E-state index contributed by atoms with van der Waals surface area (Å²) in [5.74, 6) is 0.983. The summed E-state index contributed by atoms with van der Waals surface area (Å²) >= 11 is 5.93. The van der Waals surface area contributed by atoms with Gasteiger partial charge < -0.3 is 4.55 Å². The van der Waals surface area contributed by atoms with E-state index in [9.17, 15) is 13.0 Å². The summed E-state index contributed by atoms with van der Waals surface area (Å²) in [7, 11) is -2.65. The minimum absolute atomic E-state index is 0.0394. The molecule has 0 spiro atoms. The van der Waals surface area contributed by atoms with Crippen molar-refractivity contribution in [3.05, 3.63) is 52.1 Å². The first-order chi connectivity index (χ1) is 19.8. The molecule has 41 heavy (non-hydrogen) atoms. The molecule has 0 unspecified atom stereocenters. The minimum atomic E-state index is -4.42. The van der Waals surface area contributed by atoms with Gasteiger partial charge in [0.2, 0.25) is 0 Å². The Morgan fingerprint density at radius 3 is 1.78 bits per heavy atom. The first kappa shape index (κ1) is 35.8. The molecule has 2 aromatic carbocycles. The number of fused-ring (bicyclic) bond motifs is 1. The van der Waals surface area contributed by atoms with Gasteiger partial charge in [-0.15, -0.1) is 0 Å². The van der Waals surface area contributed by atoms with Crippen molar-refractivity contribution in [3.63, 3.8) is 0 Å². The second-order valence-electron chi connectivity index (χ2n) is 10.8. The topological polar surface area (TPSA) is 70.3 Å². The van der Waals surface area contributed by atoms with Crippen molar-refractivity contribution in [2.75, 3.05) is 7.11 Å². The summed E-state index contributed by atoms with van der Waals surface area (Å²) in [4.78, 5) is -0.373. The number of benzene rings is 2. The van der Waals surface area contributed by atoms with Crippen molar-refractivity contribution in [2.45, 2.75) is 128 Å². The Balaban J connectivity index is 0.000000446. The molecular formula is C33H50ClNO4SSe. The van der Waals surface area contributed by atoms with Crippen LogP contribution in [0.5, 0.6) is 5.75 Å². The number of halogens is 1. The van der Waals surface area contributed by atoms with Crippen LogP contribution in [0, 0.1) is 6.92 Å². The molecule has 0 saturated carbocycles. The van der Waals surface area contributed by atoms with Crippen molar-refractivity contribution >= 4 is 46.0 Å². The van der Waals surface area contributed by atoms with Gasteiger partial charge in [0.25, 0.3) is 0 Å². The molecule has 0 saturated heterocycles. The van der Waals surface area contributed by atoms with Crippen molar-refractivity contribution in [2.24, 2.45) is 0 Å². The fraction of sp³-hybridized carbons (Fsp3) is 0.606. The summed E-state index contributed by atoms with van der Waals surface area (Å²) < 4.78 is 42.3. The van der Waals surface area contributed by atoms with Gasteiger partial charge in [-0.05, 0) is 12.1 Å². The third kappa shape index (κ3) is 14.1. The van der Waals surface area contributed by atoms with Gasteiger partial charge in [-0.2, -0.15) is 0 Å². The van der Waals surface area contributed by atoms with E-state index in [4.69, 9.17) is 16.3 Å². The largest absolute Gasteiger partial charge is 0.744 e. The number of aryl methyl sites for hydroxylation is 2. The Morgan fingerprint density at radius 1 is 0.805 bits per heavy atom. The van der Waals surface area contributed by atoms with Gasteiger partial charge in [-0.1, -0.05) is 75.6 Å². The molecule has 1 aromatic heterocycles. The fourth-order valence-electron chi connectivity index (χ4n) is 5.05. The minimum Gasteiger partial charge on any atom is -0.744 e. The predicted molar refractivity (Wildman–Crippen MR) is 171 cm³/mol. The maximum Gasteiger partial charge on any atom is 0.125 e. The first-order valence-electron chi connectivity index (χ1n) is 15.4. The molecule has 0 radical (unpaired) electrons. The van der Waals surface area contributed by atoms with Crippen molar-refractivity contribution in [3.8, 4) is 5.75 Å². The Labute approximate surface area is 260 Å². The van der Waals surface area contributed by atoms with Crippen LogP contribution >= 0.6 is 11.6 Å². The smallest absolute Gasteiger partial charge is 0.125 e. The molecule has 5 nitrogen and oxygen atoms in total. The van der Waals surface area contributed by atoms with Crippen LogP contribution in [0.15, 0.2) is 47.4 Å². The maximum absolute atomic E-state index is 10.4. The molecular weight excluding hydrogens is 621 g/mol. The van der Waals surface area contributed by atoms with E-state index in [1.165, 1.54) is 137 Å². The summed E-state index contributed by atoms with van der Waals surface area (Å²) in [6, 6.07) is 12.1. The van der Waals surface area contributed by atoms with E-state index in [1.807, 2.05) is 0 Å².